The molecule has 0 aliphatic rings. The van der Waals surface area contributed by atoms with Crippen LogP contribution in [0, 0.1) is 13.8 Å². The molecule has 31 heavy (non-hydrogen) atoms. The van der Waals surface area contributed by atoms with Crippen LogP contribution in [0.4, 0.5) is 0 Å². The minimum absolute atomic E-state index is 0.0235. The molecule has 0 aliphatic heterocycles. The number of para-hydroxylation sites is 1. The van der Waals surface area contributed by atoms with Crippen molar-refractivity contribution in [2.24, 2.45) is 0 Å². The average Bonchev–Trinajstić information content (AvgIpc) is 2.75. The van der Waals surface area contributed by atoms with Gasteiger partial charge in [-0.1, -0.05) is 66.2 Å². The number of nitrogens with one attached hydrogen (secondary N) is 1. The van der Waals surface area contributed by atoms with Gasteiger partial charge in [-0.15, -0.1) is 0 Å². The third-order valence-corrected chi connectivity index (χ3v) is 7.18. The van der Waals surface area contributed by atoms with E-state index in [9.17, 15) is 13.2 Å². The molecule has 0 spiro atoms. The molecule has 0 bridgehead atoms. The lowest BCUT2D eigenvalue weighted by atomic mass is 10.1. The number of rotatable bonds is 6. The Morgan fingerprint density at radius 3 is 2.26 bits per heavy atom. The van der Waals surface area contributed by atoms with Gasteiger partial charge in [-0.3, -0.25) is 4.79 Å². The van der Waals surface area contributed by atoms with Crippen LogP contribution in [0.1, 0.15) is 22.3 Å². The fourth-order valence-electron chi connectivity index (χ4n) is 3.61. The van der Waals surface area contributed by atoms with Crippen LogP contribution in [0.5, 0.6) is 0 Å². The predicted octanol–water partition coefficient (Wildman–Crippen LogP) is 4.54. The zero-order chi connectivity index (χ0) is 22.0. The summed E-state index contributed by atoms with van der Waals surface area (Å²) in [5, 5.41) is 0.877. The van der Waals surface area contributed by atoms with Crippen molar-refractivity contribution in [1.29, 1.82) is 0 Å². The van der Waals surface area contributed by atoms with Crippen LogP contribution in [0.25, 0.3) is 10.9 Å². The van der Waals surface area contributed by atoms with E-state index in [4.69, 9.17) is 0 Å². The average molecular weight is 433 g/mol. The normalized spacial score (nSPS) is 11.8. The maximum Gasteiger partial charge on any atom is 0.252 e. The van der Waals surface area contributed by atoms with E-state index in [0.717, 1.165) is 27.6 Å². The van der Waals surface area contributed by atoms with E-state index in [1.807, 2.05) is 62.4 Å². The van der Waals surface area contributed by atoms with Crippen molar-refractivity contribution in [2.45, 2.75) is 31.8 Å². The molecule has 0 amide bonds. The number of fused-ring (bicyclic) bond motifs is 1. The topological polar surface area (TPSA) is 70.2 Å². The number of aromatic nitrogens is 1. The molecule has 4 rings (SSSR count). The lowest BCUT2D eigenvalue weighted by Gasteiger charge is -2.22. The van der Waals surface area contributed by atoms with Gasteiger partial charge in [-0.2, -0.15) is 4.31 Å². The number of pyridine rings is 1. The van der Waals surface area contributed by atoms with Crippen LogP contribution in [0.3, 0.4) is 0 Å². The number of sulfonamides is 1. The van der Waals surface area contributed by atoms with E-state index < -0.39 is 10.0 Å². The van der Waals surface area contributed by atoms with Crippen LogP contribution in [0.2, 0.25) is 0 Å². The first-order valence-corrected chi connectivity index (χ1v) is 11.5. The summed E-state index contributed by atoms with van der Waals surface area (Å²) in [5.41, 5.74) is 3.70. The molecule has 158 valence electrons. The van der Waals surface area contributed by atoms with Crippen molar-refractivity contribution in [3.05, 3.63) is 111 Å². The minimum Gasteiger partial charge on any atom is -0.321 e. The molecule has 3 aromatic carbocycles. The van der Waals surface area contributed by atoms with Gasteiger partial charge in [0.05, 0.1) is 10.4 Å². The molecule has 0 radical (unpaired) electrons. The molecular weight excluding hydrogens is 408 g/mol. The third kappa shape index (κ3) is 4.45. The molecular formula is C25H24N2O3S. The second-order valence-electron chi connectivity index (χ2n) is 7.73. The monoisotopic (exact) mass is 432 g/mol. The first kappa shape index (κ1) is 21.0. The first-order valence-electron chi connectivity index (χ1n) is 10.1. The van der Waals surface area contributed by atoms with Crippen LogP contribution < -0.4 is 5.56 Å². The summed E-state index contributed by atoms with van der Waals surface area (Å²) in [6.45, 7) is 3.99. The van der Waals surface area contributed by atoms with Crippen molar-refractivity contribution < 1.29 is 8.42 Å². The molecule has 0 fully saturated rings. The Morgan fingerprint density at radius 1 is 0.839 bits per heavy atom. The zero-order valence-corrected chi connectivity index (χ0v) is 18.3. The van der Waals surface area contributed by atoms with Crippen molar-refractivity contribution in [2.75, 3.05) is 0 Å². The molecule has 0 saturated carbocycles. The van der Waals surface area contributed by atoms with Crippen LogP contribution in [-0.4, -0.2) is 17.7 Å². The van der Waals surface area contributed by atoms with Crippen molar-refractivity contribution in [3.63, 3.8) is 0 Å². The van der Waals surface area contributed by atoms with Crippen LogP contribution in [-0.2, 0) is 23.1 Å². The molecule has 4 aromatic rings. The highest BCUT2D eigenvalue weighted by Gasteiger charge is 2.26. The van der Waals surface area contributed by atoms with Gasteiger partial charge < -0.3 is 4.98 Å². The number of H-pyrrole nitrogens is 1. The van der Waals surface area contributed by atoms with E-state index in [-0.39, 0.29) is 23.5 Å². The van der Waals surface area contributed by atoms with Crippen molar-refractivity contribution in [1.82, 2.24) is 9.29 Å². The van der Waals surface area contributed by atoms with Gasteiger partial charge in [-0.25, -0.2) is 8.42 Å². The molecule has 0 saturated heterocycles. The number of hydrogen-bond donors (Lipinski definition) is 1. The predicted molar refractivity (Wildman–Crippen MR) is 123 cm³/mol. The smallest absolute Gasteiger partial charge is 0.252 e. The van der Waals surface area contributed by atoms with E-state index in [1.165, 1.54) is 4.31 Å². The number of hydrogen-bond acceptors (Lipinski definition) is 3. The lowest BCUT2D eigenvalue weighted by molar-refractivity contribution is 0.400. The highest BCUT2D eigenvalue weighted by molar-refractivity contribution is 7.89. The molecule has 1 N–H and O–H groups in total. The summed E-state index contributed by atoms with van der Waals surface area (Å²) < 4.78 is 28.4. The van der Waals surface area contributed by atoms with Gasteiger partial charge >= 0.3 is 0 Å². The Bertz CT molecular complexity index is 1380. The van der Waals surface area contributed by atoms with Gasteiger partial charge in [0.25, 0.3) is 5.56 Å². The molecule has 0 aliphatic carbocycles. The molecule has 1 heterocycles. The summed E-state index contributed by atoms with van der Waals surface area (Å²) in [6, 6.07) is 23.7. The van der Waals surface area contributed by atoms with E-state index in [1.54, 1.807) is 30.3 Å². The molecule has 5 nitrogen and oxygen atoms in total. The third-order valence-electron chi connectivity index (χ3n) is 5.37. The second-order valence-corrected chi connectivity index (χ2v) is 9.67. The van der Waals surface area contributed by atoms with E-state index in [0.29, 0.717) is 5.56 Å². The summed E-state index contributed by atoms with van der Waals surface area (Å²) in [7, 11) is -3.81. The van der Waals surface area contributed by atoms with E-state index >= 15 is 0 Å². The number of nitrogens with zero attached hydrogens (tertiary/aromatic N) is 1. The Labute approximate surface area is 182 Å². The fraction of sp³-hybridized carbons (Fsp3) is 0.160. The van der Waals surface area contributed by atoms with Crippen LogP contribution in [0.15, 0.2) is 88.6 Å². The largest absolute Gasteiger partial charge is 0.321 e. The minimum atomic E-state index is -3.81. The Kier molecular flexibility index (Phi) is 5.76. The first-order chi connectivity index (χ1) is 14.8. The number of aromatic amines is 1. The second kappa shape index (κ2) is 8.49. The lowest BCUT2D eigenvalue weighted by Crippen LogP contribution is -2.32. The van der Waals surface area contributed by atoms with Crippen LogP contribution >= 0.6 is 0 Å². The Hall–Kier alpha value is -3.22. The Morgan fingerprint density at radius 2 is 1.55 bits per heavy atom. The summed E-state index contributed by atoms with van der Waals surface area (Å²) in [5.74, 6) is 0. The van der Waals surface area contributed by atoms with E-state index in [2.05, 4.69) is 4.98 Å². The number of aryl methyl sites for hydroxylation is 2. The maximum atomic E-state index is 13.5. The summed E-state index contributed by atoms with van der Waals surface area (Å²) >= 11 is 0. The molecule has 0 unspecified atom stereocenters. The SMILES string of the molecule is Cc1ccc(S(=O)(=O)N(Cc2ccccc2)Cc2cc3cccc(C)c3[nH]c2=O)cc1. The Balaban J connectivity index is 1.78. The van der Waals surface area contributed by atoms with Gasteiger partial charge in [0.2, 0.25) is 10.0 Å². The molecule has 0 atom stereocenters. The van der Waals surface area contributed by atoms with Gasteiger partial charge in [-0.05, 0) is 48.6 Å². The summed E-state index contributed by atoms with van der Waals surface area (Å²) in [6.07, 6.45) is 0. The quantitative estimate of drug-likeness (QED) is 0.486. The highest BCUT2D eigenvalue weighted by Crippen LogP contribution is 2.22. The van der Waals surface area contributed by atoms with Gasteiger partial charge in [0, 0.05) is 18.7 Å². The fourth-order valence-corrected chi connectivity index (χ4v) is 5.01. The number of benzene rings is 3. The maximum absolute atomic E-state index is 13.5. The van der Waals surface area contributed by atoms with Gasteiger partial charge in [0.1, 0.15) is 0 Å². The standard InChI is InChI=1S/C25H24N2O3S/c1-18-11-13-23(14-12-18)31(29,30)27(16-20-8-4-3-5-9-20)17-22-15-21-10-6-7-19(2)24(21)26-25(22)28/h3-15H,16-17H2,1-2H3,(H,26,28). The molecule has 6 heteroatoms. The highest BCUT2D eigenvalue weighted by atomic mass is 32.2. The van der Waals surface area contributed by atoms with Gasteiger partial charge in [0.15, 0.2) is 0 Å². The van der Waals surface area contributed by atoms with Crippen molar-refractivity contribution >= 4 is 20.9 Å². The van der Waals surface area contributed by atoms with Crippen molar-refractivity contribution in [3.8, 4) is 0 Å². The molecule has 1 aromatic heterocycles. The summed E-state index contributed by atoms with van der Waals surface area (Å²) in [4.78, 5) is 15.9. The zero-order valence-electron chi connectivity index (χ0n) is 17.5.